The van der Waals surface area contributed by atoms with Crippen molar-refractivity contribution in [1.29, 1.82) is 0 Å². The molecule has 19 heavy (non-hydrogen) atoms. The Labute approximate surface area is 114 Å². The van der Waals surface area contributed by atoms with E-state index in [1.807, 2.05) is 30.3 Å². The monoisotopic (exact) mass is 270 g/mol. The van der Waals surface area contributed by atoms with E-state index in [1.165, 1.54) is 6.33 Å². The van der Waals surface area contributed by atoms with Crippen LogP contribution in [0.25, 0.3) is 0 Å². The van der Waals surface area contributed by atoms with E-state index in [-0.39, 0.29) is 0 Å². The molecule has 0 bridgehead atoms. The van der Waals surface area contributed by atoms with Crippen molar-refractivity contribution in [2.75, 3.05) is 0 Å². The number of aromatic nitrogens is 2. The Morgan fingerprint density at radius 2 is 2.11 bits per heavy atom. The van der Waals surface area contributed by atoms with E-state index < -0.39 is 9.04 Å². The van der Waals surface area contributed by atoms with Crippen LogP contribution in [0.4, 0.5) is 0 Å². The third-order valence-electron chi connectivity index (χ3n) is 2.38. The van der Waals surface area contributed by atoms with Gasteiger partial charge in [0.2, 0.25) is 0 Å². The molecular weight excluding hydrogens is 254 g/mol. The Morgan fingerprint density at radius 1 is 1.26 bits per heavy atom. The predicted molar refractivity (Wildman–Crippen MR) is 77.9 cm³/mol. The smallest absolute Gasteiger partial charge is 0.274 e. The molecular formula is C14H16N3OSi. The zero-order valence-corrected chi connectivity index (χ0v) is 12.1. The second kappa shape index (κ2) is 6.80. The fourth-order valence-electron chi connectivity index (χ4n) is 1.57. The quantitative estimate of drug-likeness (QED) is 0.620. The zero-order chi connectivity index (χ0) is 13.5. The first-order valence-electron chi connectivity index (χ1n) is 6.07. The fraction of sp³-hybridized carbons (Fsp3) is 0.214. The molecule has 0 amide bonds. The molecule has 97 valence electrons. The number of para-hydroxylation sites is 1. The molecule has 0 aliphatic carbocycles. The van der Waals surface area contributed by atoms with E-state index in [9.17, 15) is 0 Å². The summed E-state index contributed by atoms with van der Waals surface area (Å²) in [4.78, 5) is 12.4. The van der Waals surface area contributed by atoms with Gasteiger partial charge in [-0.15, -0.1) is 0 Å². The molecule has 1 aromatic heterocycles. The van der Waals surface area contributed by atoms with Gasteiger partial charge in [0.1, 0.15) is 12.1 Å². The molecule has 0 atom stereocenters. The number of hydrogen-bond acceptors (Lipinski definition) is 4. The van der Waals surface area contributed by atoms with Crippen molar-refractivity contribution < 1.29 is 4.43 Å². The number of nitrogens with zero attached hydrogens (tertiary/aromatic N) is 3. The van der Waals surface area contributed by atoms with Gasteiger partial charge in [0.25, 0.3) is 9.04 Å². The summed E-state index contributed by atoms with van der Waals surface area (Å²) in [6, 6.07) is 9.84. The molecule has 5 heteroatoms. The topological polar surface area (TPSA) is 47.4 Å². The molecule has 1 aromatic carbocycles. The lowest BCUT2D eigenvalue weighted by Crippen LogP contribution is -2.12. The van der Waals surface area contributed by atoms with E-state index in [1.54, 1.807) is 12.4 Å². The third kappa shape index (κ3) is 4.29. The van der Waals surface area contributed by atoms with Gasteiger partial charge < -0.3 is 4.43 Å². The van der Waals surface area contributed by atoms with Gasteiger partial charge in [-0.25, -0.2) is 9.97 Å². The maximum atomic E-state index is 5.85. The second-order valence-electron chi connectivity index (χ2n) is 4.22. The standard InChI is InChI=1S/C14H16N3OSi/c1-19(2)18-14-6-4-3-5-12(14)9-16-10-13-7-8-15-11-17-13/h3-8,10-11H,9H2,1-2H3. The average molecular weight is 270 g/mol. The van der Waals surface area contributed by atoms with Crippen LogP contribution < -0.4 is 4.43 Å². The highest BCUT2D eigenvalue weighted by atomic mass is 28.3. The Balaban J connectivity index is 2.05. The summed E-state index contributed by atoms with van der Waals surface area (Å²) in [7, 11) is -0.758. The van der Waals surface area contributed by atoms with Crippen molar-refractivity contribution in [2.45, 2.75) is 19.6 Å². The number of benzene rings is 1. The Hall–Kier alpha value is -2.01. The van der Waals surface area contributed by atoms with Gasteiger partial charge in [-0.2, -0.15) is 0 Å². The van der Waals surface area contributed by atoms with Gasteiger partial charge in [-0.05, 0) is 25.2 Å². The van der Waals surface area contributed by atoms with Crippen molar-refractivity contribution in [2.24, 2.45) is 4.99 Å². The summed E-state index contributed by atoms with van der Waals surface area (Å²) < 4.78 is 5.85. The van der Waals surface area contributed by atoms with Gasteiger partial charge in [0.05, 0.1) is 12.2 Å². The summed E-state index contributed by atoms with van der Waals surface area (Å²) in [5.74, 6) is 0.932. The molecule has 1 heterocycles. The highest BCUT2D eigenvalue weighted by Gasteiger charge is 2.05. The molecule has 0 fully saturated rings. The molecule has 2 rings (SSSR count). The first-order chi connectivity index (χ1) is 9.25. The van der Waals surface area contributed by atoms with E-state index >= 15 is 0 Å². The lowest BCUT2D eigenvalue weighted by Gasteiger charge is -2.11. The lowest BCUT2D eigenvalue weighted by atomic mass is 10.2. The normalized spacial score (nSPS) is 11.1. The SMILES string of the molecule is C[Si](C)Oc1ccccc1CN=Cc1ccncn1. The number of aliphatic imine (C=N–C) groups is 1. The van der Waals surface area contributed by atoms with Crippen LogP contribution in [0.5, 0.6) is 5.75 Å². The molecule has 0 spiro atoms. The fourth-order valence-corrected chi connectivity index (χ4v) is 2.21. The van der Waals surface area contributed by atoms with Crippen molar-refractivity contribution in [3.63, 3.8) is 0 Å². The highest BCUT2D eigenvalue weighted by molar-refractivity contribution is 6.49. The summed E-state index contributed by atoms with van der Waals surface area (Å²) in [6.07, 6.45) is 4.97. The summed E-state index contributed by atoms with van der Waals surface area (Å²) in [5, 5.41) is 0. The van der Waals surface area contributed by atoms with Crippen LogP contribution in [0, 0.1) is 0 Å². The molecule has 2 aromatic rings. The Bertz CT molecular complexity index is 543. The lowest BCUT2D eigenvalue weighted by molar-refractivity contribution is 0.572. The molecule has 0 saturated heterocycles. The van der Waals surface area contributed by atoms with E-state index in [4.69, 9.17) is 4.43 Å². The highest BCUT2D eigenvalue weighted by Crippen LogP contribution is 2.19. The van der Waals surface area contributed by atoms with Crippen molar-refractivity contribution >= 4 is 15.3 Å². The molecule has 0 aliphatic heterocycles. The van der Waals surface area contributed by atoms with Crippen molar-refractivity contribution in [3.05, 3.63) is 54.1 Å². The van der Waals surface area contributed by atoms with E-state index in [2.05, 4.69) is 28.1 Å². The Morgan fingerprint density at radius 3 is 2.84 bits per heavy atom. The minimum absolute atomic E-state index is 0.593. The summed E-state index contributed by atoms with van der Waals surface area (Å²) in [6.45, 7) is 4.83. The van der Waals surface area contributed by atoms with Gasteiger partial charge in [-0.1, -0.05) is 18.2 Å². The molecule has 4 nitrogen and oxygen atoms in total. The molecule has 0 saturated carbocycles. The van der Waals surface area contributed by atoms with E-state index in [0.717, 1.165) is 17.0 Å². The van der Waals surface area contributed by atoms with Crippen LogP contribution in [0.2, 0.25) is 13.1 Å². The van der Waals surface area contributed by atoms with Gasteiger partial charge in [0.15, 0.2) is 0 Å². The second-order valence-corrected chi connectivity index (χ2v) is 6.24. The predicted octanol–water partition coefficient (Wildman–Crippen LogP) is 2.73. The van der Waals surface area contributed by atoms with Crippen LogP contribution in [-0.2, 0) is 6.54 Å². The summed E-state index contributed by atoms with van der Waals surface area (Å²) in [5.41, 5.74) is 1.91. The minimum atomic E-state index is -0.758. The first kappa shape index (κ1) is 13.4. The molecule has 1 radical (unpaired) electrons. The number of rotatable bonds is 5. The first-order valence-corrected chi connectivity index (χ1v) is 8.48. The zero-order valence-electron chi connectivity index (χ0n) is 11.1. The average Bonchev–Trinajstić information content (AvgIpc) is 2.41. The van der Waals surface area contributed by atoms with Gasteiger partial charge in [-0.3, -0.25) is 4.99 Å². The van der Waals surface area contributed by atoms with Crippen LogP contribution >= 0.6 is 0 Å². The van der Waals surface area contributed by atoms with Crippen LogP contribution in [0.15, 0.2) is 47.8 Å². The maximum Gasteiger partial charge on any atom is 0.274 e. The molecule has 0 aliphatic rings. The van der Waals surface area contributed by atoms with Crippen molar-refractivity contribution in [3.8, 4) is 5.75 Å². The minimum Gasteiger partial charge on any atom is -0.542 e. The van der Waals surface area contributed by atoms with Gasteiger partial charge in [0, 0.05) is 18.0 Å². The summed E-state index contributed by atoms with van der Waals surface area (Å²) >= 11 is 0. The van der Waals surface area contributed by atoms with E-state index in [0.29, 0.717) is 6.54 Å². The van der Waals surface area contributed by atoms with Crippen LogP contribution in [0.3, 0.4) is 0 Å². The number of hydrogen-bond donors (Lipinski definition) is 0. The van der Waals surface area contributed by atoms with Crippen LogP contribution in [-0.4, -0.2) is 25.2 Å². The maximum absolute atomic E-state index is 5.85. The molecule has 0 N–H and O–H groups in total. The Kier molecular flexibility index (Phi) is 4.80. The van der Waals surface area contributed by atoms with Crippen molar-refractivity contribution in [1.82, 2.24) is 9.97 Å². The largest absolute Gasteiger partial charge is 0.542 e. The molecule has 0 unspecified atom stereocenters. The van der Waals surface area contributed by atoms with Crippen LogP contribution in [0.1, 0.15) is 11.3 Å². The van der Waals surface area contributed by atoms with Gasteiger partial charge >= 0.3 is 0 Å². The third-order valence-corrected chi connectivity index (χ3v) is 3.00.